The van der Waals surface area contributed by atoms with Crippen LogP contribution in [0, 0.1) is 0 Å². The maximum Gasteiger partial charge on any atom is 0.0971 e. The smallest absolute Gasteiger partial charge is 0.0971 e. The Kier molecular flexibility index (Phi) is 5.84. The summed E-state index contributed by atoms with van der Waals surface area (Å²) in [5, 5.41) is 9.27. The van der Waals surface area contributed by atoms with Gasteiger partial charge in [0, 0.05) is 45.1 Å². The van der Waals surface area contributed by atoms with Crippen LogP contribution in [0.4, 0.5) is 0 Å². The minimum atomic E-state index is 0.895. The quantitative estimate of drug-likeness (QED) is 0.187. The Morgan fingerprint density at radius 1 is 0.333 bits per heavy atom. The van der Waals surface area contributed by atoms with E-state index in [2.05, 4.69) is 143 Å². The van der Waals surface area contributed by atoms with Crippen LogP contribution in [-0.4, -0.2) is 19.9 Å². The van der Waals surface area contributed by atoms with Crippen molar-refractivity contribution in [1.82, 2.24) is 19.9 Å². The van der Waals surface area contributed by atoms with Gasteiger partial charge in [0.1, 0.15) is 0 Å². The highest BCUT2D eigenvalue weighted by Gasteiger charge is 2.13. The molecule has 0 aliphatic carbocycles. The van der Waals surface area contributed by atoms with Crippen LogP contribution in [0.1, 0.15) is 0 Å². The average molecular weight is 611 g/mol. The first-order valence-corrected chi connectivity index (χ1v) is 16.1. The lowest BCUT2D eigenvalue weighted by atomic mass is 9.95. The topological polar surface area (TPSA) is 51.6 Å². The van der Waals surface area contributed by atoms with Crippen LogP contribution >= 0.6 is 0 Å². The molecular formula is C44H26N4. The fourth-order valence-electron chi connectivity index (χ4n) is 7.17. The zero-order valence-corrected chi connectivity index (χ0v) is 25.8. The number of fused-ring (bicyclic) bond motifs is 8. The molecule has 4 heterocycles. The van der Waals surface area contributed by atoms with Gasteiger partial charge in [0.05, 0.1) is 33.5 Å². The summed E-state index contributed by atoms with van der Waals surface area (Å²) in [4.78, 5) is 19.5. The maximum absolute atomic E-state index is 5.15. The van der Waals surface area contributed by atoms with Crippen molar-refractivity contribution in [1.29, 1.82) is 0 Å². The van der Waals surface area contributed by atoms with Gasteiger partial charge in [0.25, 0.3) is 0 Å². The second-order valence-electron chi connectivity index (χ2n) is 12.3. The number of hydrogen-bond acceptors (Lipinski definition) is 4. The molecular weight excluding hydrogens is 585 g/mol. The highest BCUT2D eigenvalue weighted by Crippen LogP contribution is 2.36. The second kappa shape index (κ2) is 10.5. The van der Waals surface area contributed by atoms with Crippen molar-refractivity contribution in [2.75, 3.05) is 0 Å². The first-order valence-electron chi connectivity index (χ1n) is 16.1. The van der Waals surface area contributed by atoms with Crippen molar-refractivity contribution in [3.05, 3.63) is 158 Å². The number of aromatic nitrogens is 4. The lowest BCUT2D eigenvalue weighted by molar-refractivity contribution is 1.36. The molecule has 0 aliphatic rings. The van der Waals surface area contributed by atoms with Crippen LogP contribution in [-0.2, 0) is 0 Å². The van der Waals surface area contributed by atoms with Crippen molar-refractivity contribution in [2.45, 2.75) is 0 Å². The van der Waals surface area contributed by atoms with Gasteiger partial charge in [-0.15, -0.1) is 0 Å². The maximum atomic E-state index is 5.15. The molecule has 0 N–H and O–H groups in total. The summed E-state index contributed by atoms with van der Waals surface area (Å²) >= 11 is 0. The summed E-state index contributed by atoms with van der Waals surface area (Å²) < 4.78 is 0. The van der Waals surface area contributed by atoms with Gasteiger partial charge in [-0.05, 0) is 93.3 Å². The Balaban J connectivity index is 1.02. The normalized spacial score (nSPS) is 11.8. The van der Waals surface area contributed by atoms with Crippen LogP contribution in [0.5, 0.6) is 0 Å². The lowest BCUT2D eigenvalue weighted by Gasteiger charge is -2.12. The second-order valence-corrected chi connectivity index (χ2v) is 12.3. The van der Waals surface area contributed by atoms with Crippen molar-refractivity contribution in [3.8, 4) is 33.6 Å². The molecule has 0 fully saturated rings. The molecule has 0 spiro atoms. The van der Waals surface area contributed by atoms with Gasteiger partial charge in [-0.2, -0.15) is 0 Å². The van der Waals surface area contributed by atoms with Gasteiger partial charge >= 0.3 is 0 Å². The number of pyridine rings is 4. The van der Waals surface area contributed by atoms with Crippen molar-refractivity contribution in [3.63, 3.8) is 0 Å². The van der Waals surface area contributed by atoms with E-state index in [-0.39, 0.29) is 0 Å². The van der Waals surface area contributed by atoms with E-state index in [1.165, 1.54) is 21.5 Å². The third-order valence-electron chi connectivity index (χ3n) is 9.49. The minimum Gasteiger partial charge on any atom is -0.254 e. The van der Waals surface area contributed by atoms with Gasteiger partial charge in [0.15, 0.2) is 0 Å². The SMILES string of the molecule is c1ccc2c(c1)cc(-c1ccc3cc(-c4ccc5nc(-c6cc7cccnc7c7ncccc67)ccc5c4)ccc3n1)c1ccccc12. The number of nitrogens with zero attached hydrogens (tertiary/aromatic N) is 4. The molecule has 0 aliphatic heterocycles. The van der Waals surface area contributed by atoms with Gasteiger partial charge in [-0.1, -0.05) is 84.9 Å². The molecule has 4 aromatic heterocycles. The number of hydrogen-bond donors (Lipinski definition) is 0. The van der Waals surface area contributed by atoms with Crippen LogP contribution in [0.2, 0.25) is 0 Å². The molecule has 0 radical (unpaired) electrons. The number of benzene rings is 6. The summed E-state index contributed by atoms with van der Waals surface area (Å²) in [5.41, 5.74) is 10.2. The predicted octanol–water partition coefficient (Wildman–Crippen LogP) is 11.2. The highest BCUT2D eigenvalue weighted by atomic mass is 14.7. The fraction of sp³-hybridized carbons (Fsp3) is 0. The molecule has 222 valence electrons. The Hall–Kier alpha value is -6.52. The molecule has 4 heteroatoms. The van der Waals surface area contributed by atoms with Crippen LogP contribution < -0.4 is 0 Å². The number of rotatable bonds is 3. The molecule has 0 atom stereocenters. The predicted molar refractivity (Wildman–Crippen MR) is 199 cm³/mol. The van der Waals surface area contributed by atoms with Gasteiger partial charge in [-0.25, -0.2) is 9.97 Å². The van der Waals surface area contributed by atoms with E-state index in [4.69, 9.17) is 9.97 Å². The Bertz CT molecular complexity index is 2710. The third kappa shape index (κ3) is 4.24. The third-order valence-corrected chi connectivity index (χ3v) is 9.49. The zero-order chi connectivity index (χ0) is 31.6. The van der Waals surface area contributed by atoms with Crippen molar-refractivity contribution >= 4 is 65.2 Å². The van der Waals surface area contributed by atoms with E-state index in [9.17, 15) is 0 Å². The van der Waals surface area contributed by atoms with Gasteiger partial charge in [-0.3, -0.25) is 9.97 Å². The zero-order valence-electron chi connectivity index (χ0n) is 25.8. The van der Waals surface area contributed by atoms with Crippen molar-refractivity contribution in [2.24, 2.45) is 0 Å². The minimum absolute atomic E-state index is 0.895. The van der Waals surface area contributed by atoms with E-state index in [0.717, 1.165) is 77.3 Å². The van der Waals surface area contributed by atoms with Gasteiger partial charge < -0.3 is 0 Å². The van der Waals surface area contributed by atoms with E-state index in [1.807, 2.05) is 24.5 Å². The summed E-state index contributed by atoms with van der Waals surface area (Å²) in [5.74, 6) is 0. The van der Waals surface area contributed by atoms with Crippen LogP contribution in [0.15, 0.2) is 158 Å². The van der Waals surface area contributed by atoms with Crippen molar-refractivity contribution < 1.29 is 0 Å². The average Bonchev–Trinajstić information content (AvgIpc) is 3.16. The highest BCUT2D eigenvalue weighted by molar-refractivity contribution is 6.14. The largest absolute Gasteiger partial charge is 0.254 e. The van der Waals surface area contributed by atoms with Gasteiger partial charge in [0.2, 0.25) is 0 Å². The molecule has 0 unspecified atom stereocenters. The first-order chi connectivity index (χ1) is 23.8. The molecule has 10 aromatic rings. The molecule has 48 heavy (non-hydrogen) atoms. The molecule has 0 bridgehead atoms. The lowest BCUT2D eigenvalue weighted by Crippen LogP contribution is -1.91. The molecule has 10 rings (SSSR count). The molecule has 4 nitrogen and oxygen atoms in total. The first kappa shape index (κ1) is 26.7. The van der Waals surface area contributed by atoms with E-state index >= 15 is 0 Å². The molecule has 0 saturated heterocycles. The molecule has 0 saturated carbocycles. The van der Waals surface area contributed by atoms with Crippen LogP contribution in [0.25, 0.3) is 98.8 Å². The van der Waals surface area contributed by atoms with E-state index < -0.39 is 0 Å². The summed E-state index contributed by atoms with van der Waals surface area (Å²) in [6.07, 6.45) is 3.64. The summed E-state index contributed by atoms with van der Waals surface area (Å²) in [6.45, 7) is 0. The van der Waals surface area contributed by atoms with E-state index in [0.29, 0.717) is 0 Å². The molecule has 6 aromatic carbocycles. The Morgan fingerprint density at radius 2 is 0.875 bits per heavy atom. The Morgan fingerprint density at radius 3 is 1.60 bits per heavy atom. The monoisotopic (exact) mass is 610 g/mol. The summed E-state index contributed by atoms with van der Waals surface area (Å²) in [7, 11) is 0. The van der Waals surface area contributed by atoms with Crippen LogP contribution in [0.3, 0.4) is 0 Å². The Labute approximate surface area is 276 Å². The molecule has 0 amide bonds. The summed E-state index contributed by atoms with van der Waals surface area (Å²) in [6, 6.07) is 51.4. The fourth-order valence-corrected chi connectivity index (χ4v) is 7.17. The van der Waals surface area contributed by atoms with E-state index in [1.54, 1.807) is 0 Å². The standard InChI is InChI=1S/C44H26N4/c1-2-9-33-29(7-1)25-37(35-11-4-3-10-34(33)35)41-19-15-30-23-27(13-17-39(30)47-41)28-14-18-40-31(24-28)16-20-42(48-40)38-26-32-8-5-21-45-43(32)44-36(38)12-6-22-46-44/h1-26H.